The van der Waals surface area contributed by atoms with Gasteiger partial charge in [0.25, 0.3) is 5.91 Å². The van der Waals surface area contributed by atoms with E-state index >= 15 is 0 Å². The number of carbonyl (C=O) groups excluding carboxylic acids is 1. The Bertz CT molecular complexity index is 839. The minimum absolute atomic E-state index is 0.148. The van der Waals surface area contributed by atoms with E-state index in [-0.39, 0.29) is 10.8 Å². The molecule has 2 aromatic rings. The van der Waals surface area contributed by atoms with E-state index in [0.717, 1.165) is 4.47 Å². The average molecular weight is 432 g/mol. The normalized spacial score (nSPS) is 11.3. The summed E-state index contributed by atoms with van der Waals surface area (Å²) in [7, 11) is -3.52. The van der Waals surface area contributed by atoms with Crippen LogP contribution in [-0.2, 0) is 10.0 Å². The van der Waals surface area contributed by atoms with E-state index in [9.17, 15) is 13.2 Å². The van der Waals surface area contributed by atoms with Crippen molar-refractivity contribution in [3.8, 4) is 0 Å². The fourth-order valence-corrected chi connectivity index (χ4v) is 3.61. The second-order valence-electron chi connectivity index (χ2n) is 5.00. The zero-order valence-electron chi connectivity index (χ0n) is 12.8. The highest BCUT2D eigenvalue weighted by Crippen LogP contribution is 2.22. The van der Waals surface area contributed by atoms with Crippen LogP contribution in [0.4, 0.5) is 5.69 Å². The third kappa shape index (κ3) is 4.80. The monoisotopic (exact) mass is 430 g/mol. The van der Waals surface area contributed by atoms with Gasteiger partial charge in [0.2, 0.25) is 10.0 Å². The summed E-state index contributed by atoms with van der Waals surface area (Å²) in [6, 6.07) is 10.9. The van der Waals surface area contributed by atoms with Crippen molar-refractivity contribution in [3.05, 3.63) is 57.5 Å². The highest BCUT2D eigenvalue weighted by molar-refractivity contribution is 9.10. The van der Waals surface area contributed by atoms with Crippen LogP contribution >= 0.6 is 27.5 Å². The number of sulfonamides is 1. The lowest BCUT2D eigenvalue weighted by molar-refractivity contribution is 0.102. The van der Waals surface area contributed by atoms with Crippen LogP contribution in [0, 0.1) is 0 Å². The van der Waals surface area contributed by atoms with Crippen molar-refractivity contribution in [2.24, 2.45) is 0 Å². The van der Waals surface area contributed by atoms with Crippen LogP contribution in [0.2, 0.25) is 5.02 Å². The Labute approximate surface area is 154 Å². The number of hydrogen-bond acceptors (Lipinski definition) is 3. The van der Waals surface area contributed by atoms with Crippen LogP contribution in [0.5, 0.6) is 0 Å². The molecule has 0 aliphatic heterocycles. The molecule has 0 radical (unpaired) electrons. The molecule has 24 heavy (non-hydrogen) atoms. The molecule has 0 saturated carbocycles. The molecule has 0 unspecified atom stereocenters. The first-order chi connectivity index (χ1) is 11.3. The number of amides is 1. The van der Waals surface area contributed by atoms with Gasteiger partial charge in [-0.25, -0.2) is 13.1 Å². The van der Waals surface area contributed by atoms with E-state index in [2.05, 4.69) is 26.0 Å². The Balaban J connectivity index is 2.14. The summed E-state index contributed by atoms with van der Waals surface area (Å²) in [4.78, 5) is 12.4. The van der Waals surface area contributed by atoms with Crippen molar-refractivity contribution in [2.45, 2.75) is 18.2 Å². The number of carbonyl (C=O) groups is 1. The lowest BCUT2D eigenvalue weighted by Gasteiger charge is -2.09. The van der Waals surface area contributed by atoms with Crippen molar-refractivity contribution >= 4 is 49.1 Å². The molecule has 2 aromatic carbocycles. The van der Waals surface area contributed by atoms with Gasteiger partial charge in [-0.1, -0.05) is 34.5 Å². The Morgan fingerprint density at radius 3 is 2.46 bits per heavy atom. The SMILES string of the molecule is CCCNS(=O)(=O)c1ccc(NC(=O)c2cc(Br)ccc2Cl)cc1. The van der Waals surface area contributed by atoms with Crippen molar-refractivity contribution in [3.63, 3.8) is 0 Å². The van der Waals surface area contributed by atoms with Crippen LogP contribution in [0.1, 0.15) is 23.7 Å². The highest BCUT2D eigenvalue weighted by atomic mass is 79.9. The summed E-state index contributed by atoms with van der Waals surface area (Å²) in [6.45, 7) is 2.26. The molecule has 0 spiro atoms. The lowest BCUT2D eigenvalue weighted by Crippen LogP contribution is -2.24. The van der Waals surface area contributed by atoms with Gasteiger partial charge in [-0.15, -0.1) is 0 Å². The van der Waals surface area contributed by atoms with Crippen LogP contribution in [0.15, 0.2) is 51.8 Å². The number of benzene rings is 2. The van der Waals surface area contributed by atoms with Crippen LogP contribution in [0.25, 0.3) is 0 Å². The summed E-state index contributed by atoms with van der Waals surface area (Å²) >= 11 is 9.31. The van der Waals surface area contributed by atoms with Crippen LogP contribution in [0.3, 0.4) is 0 Å². The van der Waals surface area contributed by atoms with Crippen molar-refractivity contribution in [1.29, 1.82) is 0 Å². The Hall–Kier alpha value is -1.41. The second-order valence-corrected chi connectivity index (χ2v) is 8.09. The molecule has 0 atom stereocenters. The van der Waals surface area contributed by atoms with Gasteiger partial charge < -0.3 is 5.32 Å². The fraction of sp³-hybridized carbons (Fsp3) is 0.188. The van der Waals surface area contributed by atoms with Gasteiger partial charge in [0.1, 0.15) is 0 Å². The topological polar surface area (TPSA) is 75.3 Å². The first-order valence-corrected chi connectivity index (χ1v) is 9.85. The number of hydrogen-bond donors (Lipinski definition) is 2. The van der Waals surface area contributed by atoms with Crippen LogP contribution < -0.4 is 10.0 Å². The number of nitrogens with one attached hydrogen (secondary N) is 2. The van der Waals surface area contributed by atoms with Crippen molar-refractivity contribution in [2.75, 3.05) is 11.9 Å². The molecular formula is C16H16BrClN2O3S. The molecule has 0 heterocycles. The molecule has 0 aliphatic carbocycles. The molecule has 0 bridgehead atoms. The summed E-state index contributed by atoms with van der Waals surface area (Å²) in [5.41, 5.74) is 0.804. The van der Waals surface area contributed by atoms with Gasteiger partial charge in [-0.05, 0) is 48.9 Å². The Kier molecular flexibility index (Phi) is 6.40. The smallest absolute Gasteiger partial charge is 0.257 e. The molecule has 2 N–H and O–H groups in total. The maximum atomic E-state index is 12.3. The van der Waals surface area contributed by atoms with E-state index in [1.54, 1.807) is 18.2 Å². The number of anilines is 1. The van der Waals surface area contributed by atoms with Gasteiger partial charge in [-0.2, -0.15) is 0 Å². The molecule has 2 rings (SSSR count). The van der Waals surface area contributed by atoms with Crippen LogP contribution in [-0.4, -0.2) is 20.9 Å². The average Bonchev–Trinajstić information content (AvgIpc) is 2.55. The standard InChI is InChI=1S/C16H16BrClN2O3S/c1-2-9-19-24(22,23)13-6-4-12(5-7-13)20-16(21)14-10-11(17)3-8-15(14)18/h3-8,10,19H,2,9H2,1H3,(H,20,21). The summed E-state index contributed by atoms with van der Waals surface area (Å²) < 4.78 is 27.2. The summed E-state index contributed by atoms with van der Waals surface area (Å²) in [5, 5.41) is 3.02. The first kappa shape index (κ1) is 18.9. The van der Waals surface area contributed by atoms with Gasteiger partial charge in [0, 0.05) is 16.7 Å². The molecule has 0 aromatic heterocycles. The Morgan fingerprint density at radius 1 is 1.17 bits per heavy atom. The summed E-state index contributed by atoms with van der Waals surface area (Å²) in [5.74, 6) is -0.374. The second kappa shape index (κ2) is 8.11. The fourth-order valence-electron chi connectivity index (χ4n) is 1.91. The van der Waals surface area contributed by atoms with E-state index < -0.39 is 10.0 Å². The lowest BCUT2D eigenvalue weighted by atomic mass is 10.2. The maximum absolute atomic E-state index is 12.3. The zero-order chi connectivity index (χ0) is 17.7. The predicted octanol–water partition coefficient (Wildman–Crippen LogP) is 4.04. The minimum atomic E-state index is -3.52. The molecule has 128 valence electrons. The van der Waals surface area contributed by atoms with Gasteiger partial charge >= 0.3 is 0 Å². The predicted molar refractivity (Wildman–Crippen MR) is 99.0 cm³/mol. The van der Waals surface area contributed by atoms with Gasteiger partial charge in [0.15, 0.2) is 0 Å². The Morgan fingerprint density at radius 2 is 1.83 bits per heavy atom. The quantitative estimate of drug-likeness (QED) is 0.725. The largest absolute Gasteiger partial charge is 0.322 e. The highest BCUT2D eigenvalue weighted by Gasteiger charge is 2.14. The third-order valence-electron chi connectivity index (χ3n) is 3.14. The van der Waals surface area contributed by atoms with E-state index in [1.165, 1.54) is 24.3 Å². The summed E-state index contributed by atoms with van der Waals surface area (Å²) in [6.07, 6.45) is 0.709. The molecular weight excluding hydrogens is 416 g/mol. The van der Waals surface area contributed by atoms with Crippen molar-refractivity contribution in [1.82, 2.24) is 4.72 Å². The zero-order valence-corrected chi connectivity index (χ0v) is 16.0. The van der Waals surface area contributed by atoms with Gasteiger partial charge in [0.05, 0.1) is 15.5 Å². The first-order valence-electron chi connectivity index (χ1n) is 7.19. The molecule has 8 heteroatoms. The minimum Gasteiger partial charge on any atom is -0.322 e. The molecule has 1 amide bonds. The van der Waals surface area contributed by atoms with E-state index in [0.29, 0.717) is 29.2 Å². The number of halogens is 2. The van der Waals surface area contributed by atoms with Gasteiger partial charge in [-0.3, -0.25) is 4.79 Å². The molecule has 0 aliphatic rings. The maximum Gasteiger partial charge on any atom is 0.257 e. The molecule has 5 nitrogen and oxygen atoms in total. The van der Waals surface area contributed by atoms with E-state index in [1.807, 2.05) is 6.92 Å². The number of rotatable bonds is 6. The van der Waals surface area contributed by atoms with E-state index in [4.69, 9.17) is 11.6 Å². The van der Waals surface area contributed by atoms with Crippen molar-refractivity contribution < 1.29 is 13.2 Å². The molecule has 0 saturated heterocycles. The molecule has 0 fully saturated rings. The third-order valence-corrected chi connectivity index (χ3v) is 5.44.